The van der Waals surface area contributed by atoms with Crippen molar-refractivity contribution in [1.82, 2.24) is 0 Å². The van der Waals surface area contributed by atoms with E-state index in [1.54, 1.807) is 4.90 Å². The number of fused-ring (bicyclic) bond motifs is 1. The summed E-state index contributed by atoms with van der Waals surface area (Å²) in [5.41, 5.74) is 0.609. The Morgan fingerprint density at radius 3 is 2.46 bits per heavy atom. The lowest BCUT2D eigenvalue weighted by molar-refractivity contribution is -0.708. The fraction of sp³-hybridized carbons (Fsp3) is 0.619. The number of nitrogens with two attached hydrogens (primary N) is 1. The van der Waals surface area contributed by atoms with Gasteiger partial charge in [-0.15, -0.1) is 0 Å². The molecule has 1 saturated carbocycles. The van der Waals surface area contributed by atoms with Gasteiger partial charge in [-0.05, 0) is 58.6 Å². The average molecular weight is 359 g/mol. The van der Waals surface area contributed by atoms with Crippen molar-refractivity contribution < 1.29 is 14.9 Å². The quantitative estimate of drug-likeness (QED) is 0.872. The Morgan fingerprint density at radius 2 is 1.77 bits per heavy atom. The third kappa shape index (κ3) is 3.78. The summed E-state index contributed by atoms with van der Waals surface area (Å²) in [6.45, 7) is 5.61. The number of quaternary nitrogens is 1. The van der Waals surface area contributed by atoms with E-state index in [9.17, 15) is 9.59 Å². The van der Waals surface area contributed by atoms with Crippen molar-refractivity contribution in [3.8, 4) is 0 Å². The summed E-state index contributed by atoms with van der Waals surface area (Å²) in [6.07, 6.45) is 8.81. The van der Waals surface area contributed by atoms with E-state index in [0.29, 0.717) is 11.7 Å². The lowest BCUT2D eigenvalue weighted by atomic mass is 9.94. The number of amides is 2. The van der Waals surface area contributed by atoms with Crippen molar-refractivity contribution in [3.63, 3.8) is 0 Å². The van der Waals surface area contributed by atoms with Gasteiger partial charge in [0.05, 0.1) is 17.4 Å². The highest BCUT2D eigenvalue weighted by atomic mass is 16.2. The van der Waals surface area contributed by atoms with Gasteiger partial charge >= 0.3 is 0 Å². The summed E-state index contributed by atoms with van der Waals surface area (Å²) < 4.78 is 0. The lowest BCUT2D eigenvalue weighted by Crippen LogP contribution is -2.97. The summed E-state index contributed by atoms with van der Waals surface area (Å²) in [5.74, 6) is -0.123. The summed E-state index contributed by atoms with van der Waals surface area (Å²) in [4.78, 5) is 27.6. The second-order valence-electron chi connectivity index (χ2n) is 8.29. The fourth-order valence-corrected chi connectivity index (χ4v) is 4.22. The Balaban J connectivity index is 1.79. The fourth-order valence-electron chi connectivity index (χ4n) is 4.22. The molecule has 5 heteroatoms. The number of nitrogens with zero attached hydrogens (tertiary/aromatic N) is 1. The highest BCUT2D eigenvalue weighted by Gasteiger charge is 2.45. The van der Waals surface area contributed by atoms with E-state index in [-0.39, 0.29) is 17.9 Å². The van der Waals surface area contributed by atoms with Gasteiger partial charge in [-0.25, -0.2) is 0 Å². The summed E-state index contributed by atoms with van der Waals surface area (Å²) in [6, 6.07) is 7.87. The number of hydrogen-bond acceptors (Lipinski definition) is 2. The molecule has 2 amide bonds. The molecule has 1 aromatic carbocycles. The molecule has 1 heterocycles. The van der Waals surface area contributed by atoms with E-state index >= 15 is 0 Å². The van der Waals surface area contributed by atoms with Gasteiger partial charge in [0.15, 0.2) is 6.04 Å². The molecule has 0 saturated heterocycles. The Morgan fingerprint density at radius 1 is 1.15 bits per heavy atom. The van der Waals surface area contributed by atoms with Crippen molar-refractivity contribution >= 4 is 23.2 Å². The van der Waals surface area contributed by atoms with Crippen LogP contribution in [0.5, 0.6) is 0 Å². The lowest BCUT2D eigenvalue weighted by Gasteiger charge is -2.42. The molecule has 1 fully saturated rings. The van der Waals surface area contributed by atoms with Crippen LogP contribution in [-0.4, -0.2) is 29.4 Å². The molecule has 0 unspecified atom stereocenters. The number of para-hydroxylation sites is 2. The molecule has 2 aliphatic rings. The molecule has 1 aromatic rings. The van der Waals surface area contributed by atoms with Gasteiger partial charge < -0.3 is 10.6 Å². The first-order valence-corrected chi connectivity index (χ1v) is 10.0. The Hall–Kier alpha value is -1.88. The monoisotopic (exact) mass is 358 g/mol. The number of hydrogen-bond donors (Lipinski definition) is 2. The summed E-state index contributed by atoms with van der Waals surface area (Å²) >= 11 is 0. The van der Waals surface area contributed by atoms with Gasteiger partial charge in [0.2, 0.25) is 5.91 Å². The van der Waals surface area contributed by atoms with E-state index in [1.165, 1.54) is 44.9 Å². The number of anilines is 2. The molecule has 1 aliphatic heterocycles. The van der Waals surface area contributed by atoms with Crippen LogP contribution in [0.4, 0.5) is 11.4 Å². The van der Waals surface area contributed by atoms with Crippen LogP contribution in [-0.2, 0) is 9.59 Å². The molecule has 142 valence electrons. The molecule has 3 N–H and O–H groups in total. The third-order valence-electron chi connectivity index (χ3n) is 5.83. The van der Waals surface area contributed by atoms with Crippen LogP contribution < -0.4 is 15.5 Å². The molecule has 1 aliphatic carbocycles. The van der Waals surface area contributed by atoms with Gasteiger partial charge in [0.1, 0.15) is 5.54 Å². The zero-order valence-corrected chi connectivity index (χ0v) is 16.3. The van der Waals surface area contributed by atoms with E-state index in [0.717, 1.165) is 5.69 Å². The highest BCUT2D eigenvalue weighted by molar-refractivity contribution is 6.14. The van der Waals surface area contributed by atoms with Crippen molar-refractivity contribution in [1.29, 1.82) is 0 Å². The Kier molecular flexibility index (Phi) is 5.66. The molecule has 0 radical (unpaired) electrons. The first kappa shape index (κ1) is 18.9. The molecular formula is C21H32N3O2+. The second-order valence-corrected chi connectivity index (χ2v) is 8.29. The molecule has 5 nitrogen and oxygen atoms in total. The van der Waals surface area contributed by atoms with Crippen LogP contribution in [0.25, 0.3) is 0 Å². The maximum Gasteiger partial charge on any atom is 0.285 e. The van der Waals surface area contributed by atoms with Crippen molar-refractivity contribution in [2.75, 3.05) is 10.2 Å². The standard InChI is InChI=1S/C21H31N3O2/c1-15(22-16-11-7-5-4-6-8-12-16)19(25)24-18-14-10-9-13-17(18)23-20(26)21(24,2)3/h9-10,13-16,22H,4-8,11-12H2,1-3H3,(H,23,26)/p+1/t15-/m1/s1. The number of carbonyl (C=O) groups is 2. The number of nitrogens with one attached hydrogen (secondary N) is 1. The minimum atomic E-state index is -0.894. The molecule has 3 rings (SSSR count). The maximum atomic E-state index is 13.4. The second kappa shape index (κ2) is 7.78. The first-order valence-electron chi connectivity index (χ1n) is 10.0. The van der Waals surface area contributed by atoms with Gasteiger partial charge in [0, 0.05) is 0 Å². The summed E-state index contributed by atoms with van der Waals surface area (Å²) in [7, 11) is 0. The molecular weight excluding hydrogens is 326 g/mol. The third-order valence-corrected chi connectivity index (χ3v) is 5.83. The van der Waals surface area contributed by atoms with Crippen molar-refractivity contribution in [2.24, 2.45) is 0 Å². The highest BCUT2D eigenvalue weighted by Crippen LogP contribution is 2.36. The SMILES string of the molecule is C[C@@H]([NH2+]C1CCCCCCC1)C(=O)N1c2ccccc2NC(=O)C1(C)C. The van der Waals surface area contributed by atoms with Crippen LogP contribution in [0.1, 0.15) is 65.7 Å². The van der Waals surface area contributed by atoms with E-state index in [1.807, 2.05) is 45.0 Å². The van der Waals surface area contributed by atoms with E-state index in [2.05, 4.69) is 10.6 Å². The van der Waals surface area contributed by atoms with Gasteiger partial charge in [-0.1, -0.05) is 31.4 Å². The van der Waals surface area contributed by atoms with Crippen LogP contribution >= 0.6 is 0 Å². The predicted octanol–water partition coefficient (Wildman–Crippen LogP) is 2.82. The number of benzene rings is 1. The van der Waals surface area contributed by atoms with E-state index in [4.69, 9.17) is 0 Å². The molecule has 1 atom stereocenters. The smallest absolute Gasteiger partial charge is 0.285 e. The van der Waals surface area contributed by atoms with E-state index < -0.39 is 5.54 Å². The van der Waals surface area contributed by atoms with Gasteiger partial charge in [-0.2, -0.15) is 0 Å². The Labute approximate surface area is 156 Å². The predicted molar refractivity (Wildman–Crippen MR) is 104 cm³/mol. The topological polar surface area (TPSA) is 66.0 Å². The van der Waals surface area contributed by atoms with Crippen LogP contribution in [0.2, 0.25) is 0 Å². The van der Waals surface area contributed by atoms with Crippen molar-refractivity contribution in [2.45, 2.75) is 83.3 Å². The maximum absolute atomic E-state index is 13.4. The van der Waals surface area contributed by atoms with Gasteiger partial charge in [0.25, 0.3) is 5.91 Å². The molecule has 0 spiro atoms. The normalized spacial score (nSPS) is 22.0. The number of carbonyl (C=O) groups excluding carboxylic acids is 2. The summed E-state index contributed by atoms with van der Waals surface area (Å²) in [5, 5.41) is 5.16. The minimum Gasteiger partial charge on any atom is -0.334 e. The first-order chi connectivity index (χ1) is 12.4. The Bertz CT molecular complexity index is 663. The van der Waals surface area contributed by atoms with Crippen LogP contribution in [0.15, 0.2) is 24.3 Å². The van der Waals surface area contributed by atoms with Crippen molar-refractivity contribution in [3.05, 3.63) is 24.3 Å². The largest absolute Gasteiger partial charge is 0.334 e. The zero-order chi connectivity index (χ0) is 18.7. The molecule has 0 bridgehead atoms. The van der Waals surface area contributed by atoms with Gasteiger partial charge in [-0.3, -0.25) is 14.5 Å². The van der Waals surface area contributed by atoms with Crippen LogP contribution in [0, 0.1) is 0 Å². The number of rotatable bonds is 3. The zero-order valence-electron chi connectivity index (χ0n) is 16.3. The molecule has 26 heavy (non-hydrogen) atoms. The van der Waals surface area contributed by atoms with Crippen LogP contribution in [0.3, 0.4) is 0 Å². The molecule has 0 aromatic heterocycles. The average Bonchev–Trinajstić information content (AvgIpc) is 2.57. The minimum absolute atomic E-state index is 0.0133.